The molecule has 1 amide bonds. The fourth-order valence-electron chi connectivity index (χ4n) is 4.65. The molecule has 0 fully saturated rings. The molecule has 1 aliphatic heterocycles. The second kappa shape index (κ2) is 10.7. The van der Waals surface area contributed by atoms with Gasteiger partial charge in [0, 0.05) is 6.54 Å². The molecule has 1 unspecified atom stereocenters. The van der Waals surface area contributed by atoms with Crippen molar-refractivity contribution in [3.8, 4) is 17.2 Å². The molecule has 0 saturated heterocycles. The number of benzene rings is 3. The summed E-state index contributed by atoms with van der Waals surface area (Å²) in [6.07, 6.45) is -4.20. The Bertz CT molecular complexity index is 1250. The van der Waals surface area contributed by atoms with E-state index < -0.39 is 23.7 Å². The Hall–Kier alpha value is -3.68. The molecule has 1 heterocycles. The number of ether oxygens (including phenoxy) is 3. The lowest BCUT2D eigenvalue weighted by molar-refractivity contribution is -0.138. The molecule has 37 heavy (non-hydrogen) atoms. The molecule has 5 nitrogen and oxygen atoms in total. The third-order valence-corrected chi connectivity index (χ3v) is 6.68. The maximum Gasteiger partial charge on any atom is 0.417 e. The topological polar surface area (TPSA) is 48.0 Å². The molecule has 196 valence electrons. The van der Waals surface area contributed by atoms with E-state index in [1.807, 2.05) is 30.3 Å². The number of halogens is 3. The van der Waals surface area contributed by atoms with E-state index in [4.69, 9.17) is 14.2 Å². The number of rotatable bonds is 7. The summed E-state index contributed by atoms with van der Waals surface area (Å²) in [4.78, 5) is 15.1. The number of alkyl halides is 3. The number of methoxy groups -OCH3 is 2. The lowest BCUT2D eigenvalue weighted by Crippen LogP contribution is -2.43. The van der Waals surface area contributed by atoms with Crippen molar-refractivity contribution in [3.63, 3.8) is 0 Å². The lowest BCUT2D eigenvalue weighted by Gasteiger charge is -2.38. The van der Waals surface area contributed by atoms with Crippen LogP contribution >= 0.6 is 0 Å². The van der Waals surface area contributed by atoms with Crippen molar-refractivity contribution < 1.29 is 32.2 Å². The predicted octanol–water partition coefficient (Wildman–Crippen LogP) is 6.66. The average molecular weight is 514 g/mol. The second-order valence-corrected chi connectivity index (χ2v) is 9.25. The van der Waals surface area contributed by atoms with Gasteiger partial charge in [-0.05, 0) is 65.4 Å². The summed E-state index contributed by atoms with van der Waals surface area (Å²) in [6.45, 7) is 4.48. The zero-order valence-electron chi connectivity index (χ0n) is 21.3. The van der Waals surface area contributed by atoms with Crippen molar-refractivity contribution >= 4 is 5.91 Å². The zero-order valence-corrected chi connectivity index (χ0v) is 21.3. The van der Waals surface area contributed by atoms with Crippen LogP contribution in [0.15, 0.2) is 60.7 Å². The van der Waals surface area contributed by atoms with E-state index in [0.29, 0.717) is 29.6 Å². The van der Waals surface area contributed by atoms with Crippen molar-refractivity contribution in [1.82, 2.24) is 4.90 Å². The van der Waals surface area contributed by atoms with Crippen LogP contribution in [0.2, 0.25) is 0 Å². The maximum absolute atomic E-state index is 13.7. The van der Waals surface area contributed by atoms with Gasteiger partial charge in [-0.25, -0.2) is 0 Å². The van der Waals surface area contributed by atoms with Gasteiger partial charge in [0.05, 0.1) is 31.4 Å². The number of hydrogen-bond acceptors (Lipinski definition) is 4. The number of carbonyl (C=O) groups is 1. The van der Waals surface area contributed by atoms with Crippen LogP contribution in [0.5, 0.6) is 17.2 Å². The minimum absolute atomic E-state index is 0.0590. The highest BCUT2D eigenvalue weighted by molar-refractivity contribution is 5.96. The third kappa shape index (κ3) is 5.53. The predicted molar refractivity (Wildman–Crippen MR) is 134 cm³/mol. The molecule has 0 bridgehead atoms. The first-order valence-electron chi connectivity index (χ1n) is 12.1. The smallest absolute Gasteiger partial charge is 0.417 e. The van der Waals surface area contributed by atoms with Crippen LogP contribution in [0, 0.1) is 0 Å². The summed E-state index contributed by atoms with van der Waals surface area (Å²) in [6, 6.07) is 15.5. The van der Waals surface area contributed by atoms with Gasteiger partial charge in [0.2, 0.25) is 0 Å². The normalized spacial score (nSPS) is 15.4. The molecule has 8 heteroatoms. The maximum atomic E-state index is 13.7. The van der Waals surface area contributed by atoms with Crippen LogP contribution in [0.25, 0.3) is 0 Å². The van der Waals surface area contributed by atoms with Gasteiger partial charge >= 0.3 is 6.18 Å². The molecule has 0 aromatic heterocycles. The molecule has 0 N–H and O–H groups in total. The molecule has 1 atom stereocenters. The van der Waals surface area contributed by atoms with Gasteiger partial charge in [0.25, 0.3) is 5.91 Å². The Morgan fingerprint density at radius 2 is 1.65 bits per heavy atom. The average Bonchev–Trinajstić information content (AvgIpc) is 2.90. The van der Waals surface area contributed by atoms with Crippen molar-refractivity contribution in [2.75, 3.05) is 27.4 Å². The minimum Gasteiger partial charge on any atom is -0.493 e. The van der Waals surface area contributed by atoms with Crippen LogP contribution < -0.4 is 14.2 Å². The van der Waals surface area contributed by atoms with Crippen LogP contribution in [-0.2, 0) is 12.6 Å². The van der Waals surface area contributed by atoms with E-state index in [1.165, 1.54) is 30.2 Å². The van der Waals surface area contributed by atoms with E-state index >= 15 is 0 Å². The highest BCUT2D eigenvalue weighted by atomic mass is 19.4. The Balaban J connectivity index is 1.72. The molecular weight excluding hydrogens is 483 g/mol. The fourth-order valence-corrected chi connectivity index (χ4v) is 4.65. The van der Waals surface area contributed by atoms with Crippen molar-refractivity contribution in [2.45, 2.75) is 38.4 Å². The second-order valence-electron chi connectivity index (χ2n) is 9.25. The van der Waals surface area contributed by atoms with Crippen LogP contribution in [0.4, 0.5) is 13.2 Å². The third-order valence-electron chi connectivity index (χ3n) is 6.68. The van der Waals surface area contributed by atoms with E-state index in [-0.39, 0.29) is 18.7 Å². The van der Waals surface area contributed by atoms with Crippen molar-refractivity contribution in [1.29, 1.82) is 0 Å². The number of hydrogen-bond donors (Lipinski definition) is 0. The van der Waals surface area contributed by atoms with Gasteiger partial charge in [-0.15, -0.1) is 0 Å². The van der Waals surface area contributed by atoms with E-state index in [1.54, 1.807) is 13.2 Å². The molecule has 4 rings (SSSR count). The SMILES string of the molecule is COc1cc2c(cc1OC)C(COc1ccc(C(C)C)cc1)N(C(=O)c1ccccc1C(F)(F)F)CC2. The first-order valence-corrected chi connectivity index (χ1v) is 12.1. The molecule has 0 radical (unpaired) electrons. The number of nitrogens with zero attached hydrogens (tertiary/aromatic N) is 1. The van der Waals surface area contributed by atoms with Gasteiger partial charge in [-0.3, -0.25) is 4.79 Å². The summed E-state index contributed by atoms with van der Waals surface area (Å²) in [7, 11) is 3.05. The summed E-state index contributed by atoms with van der Waals surface area (Å²) in [5.41, 5.74) is 1.50. The van der Waals surface area contributed by atoms with Gasteiger partial charge in [-0.1, -0.05) is 38.1 Å². The van der Waals surface area contributed by atoms with Gasteiger partial charge in [0.15, 0.2) is 11.5 Å². The van der Waals surface area contributed by atoms with E-state index in [2.05, 4.69) is 13.8 Å². The summed E-state index contributed by atoms with van der Waals surface area (Å²) in [5, 5.41) is 0. The quantitative estimate of drug-likeness (QED) is 0.354. The molecule has 0 spiro atoms. The number of carbonyl (C=O) groups excluding carboxylic acids is 1. The van der Waals surface area contributed by atoms with Crippen molar-refractivity contribution in [2.24, 2.45) is 0 Å². The minimum atomic E-state index is -4.65. The number of amides is 1. The van der Waals surface area contributed by atoms with Gasteiger partial charge in [0.1, 0.15) is 12.4 Å². The Kier molecular flexibility index (Phi) is 7.66. The van der Waals surface area contributed by atoms with Crippen molar-refractivity contribution in [3.05, 3.63) is 88.5 Å². The monoisotopic (exact) mass is 513 g/mol. The number of fused-ring (bicyclic) bond motifs is 1. The lowest BCUT2D eigenvalue weighted by atomic mass is 9.91. The highest BCUT2D eigenvalue weighted by Crippen LogP contribution is 2.40. The van der Waals surface area contributed by atoms with E-state index in [9.17, 15) is 18.0 Å². The zero-order chi connectivity index (χ0) is 26.7. The largest absolute Gasteiger partial charge is 0.493 e. The van der Waals surface area contributed by atoms with Gasteiger partial charge in [-0.2, -0.15) is 13.2 Å². The Morgan fingerprint density at radius 3 is 2.27 bits per heavy atom. The fraction of sp³-hybridized carbons (Fsp3) is 0.345. The summed E-state index contributed by atoms with van der Waals surface area (Å²) >= 11 is 0. The van der Waals surface area contributed by atoms with Crippen LogP contribution in [0.1, 0.15) is 58.4 Å². The van der Waals surface area contributed by atoms with E-state index in [0.717, 1.165) is 22.8 Å². The standard InChI is InChI=1S/C29H30F3NO4/c1-18(2)19-9-11-21(12-10-19)37-17-25-23-16-27(36-4)26(35-3)15-20(23)13-14-33(25)28(34)22-7-5-6-8-24(22)29(30,31)32/h5-12,15-16,18,25H,13-14,17H2,1-4H3. The summed E-state index contributed by atoms with van der Waals surface area (Å²) < 4.78 is 58.2. The molecule has 3 aromatic carbocycles. The van der Waals surface area contributed by atoms with Crippen LogP contribution in [-0.4, -0.2) is 38.2 Å². The first kappa shape index (κ1) is 26.4. The molecule has 3 aromatic rings. The highest BCUT2D eigenvalue weighted by Gasteiger charge is 2.39. The molecular formula is C29H30F3NO4. The Labute approximate surface area is 214 Å². The molecule has 1 aliphatic rings. The summed E-state index contributed by atoms with van der Waals surface area (Å²) in [5.74, 6) is 1.30. The Morgan fingerprint density at radius 1 is 1.00 bits per heavy atom. The molecule has 0 aliphatic carbocycles. The van der Waals surface area contributed by atoms with Crippen LogP contribution in [0.3, 0.4) is 0 Å². The van der Waals surface area contributed by atoms with Gasteiger partial charge < -0.3 is 19.1 Å². The molecule has 0 saturated carbocycles. The first-order chi connectivity index (χ1) is 17.6.